The smallest absolute Gasteiger partial charge is 0.253 e. The lowest BCUT2D eigenvalue weighted by Gasteiger charge is -2.27. The first kappa shape index (κ1) is 16.8. The van der Waals surface area contributed by atoms with Crippen LogP contribution in [-0.4, -0.2) is 31.4 Å². The Bertz CT molecular complexity index is 514. The molecule has 0 aromatic heterocycles. The molecule has 0 radical (unpaired) electrons. The molecule has 5 N–H and O–H groups in total. The molecule has 0 aliphatic carbocycles. The molecule has 21 heavy (non-hydrogen) atoms. The van der Waals surface area contributed by atoms with Crippen molar-refractivity contribution in [2.75, 3.05) is 30.3 Å². The van der Waals surface area contributed by atoms with E-state index in [1.54, 1.807) is 23.1 Å². The van der Waals surface area contributed by atoms with Crippen LogP contribution in [0.25, 0.3) is 0 Å². The average molecular weight is 292 g/mol. The second-order valence-electron chi connectivity index (χ2n) is 5.38. The van der Waals surface area contributed by atoms with Gasteiger partial charge in [0.15, 0.2) is 0 Å². The molecule has 1 aromatic rings. The van der Waals surface area contributed by atoms with Crippen molar-refractivity contribution in [1.82, 2.24) is 5.32 Å². The number of amides is 2. The van der Waals surface area contributed by atoms with Gasteiger partial charge in [-0.25, -0.2) is 0 Å². The lowest BCUT2D eigenvalue weighted by molar-refractivity contribution is -0.116. The Kier molecular flexibility index (Phi) is 6.02. The van der Waals surface area contributed by atoms with E-state index >= 15 is 0 Å². The van der Waals surface area contributed by atoms with Crippen LogP contribution in [0.15, 0.2) is 18.2 Å². The van der Waals surface area contributed by atoms with Crippen molar-refractivity contribution < 1.29 is 9.59 Å². The Morgan fingerprint density at radius 2 is 2.00 bits per heavy atom. The first-order valence-corrected chi connectivity index (χ1v) is 7.06. The first-order valence-electron chi connectivity index (χ1n) is 7.06. The molecule has 0 bridgehead atoms. The van der Waals surface area contributed by atoms with Crippen LogP contribution in [0.1, 0.15) is 31.1 Å². The quantitative estimate of drug-likeness (QED) is 0.652. The number of anilines is 2. The van der Waals surface area contributed by atoms with Gasteiger partial charge in [0.2, 0.25) is 5.91 Å². The van der Waals surface area contributed by atoms with Gasteiger partial charge in [-0.2, -0.15) is 0 Å². The minimum absolute atomic E-state index is 0.0496. The Morgan fingerprint density at radius 3 is 2.52 bits per heavy atom. The fourth-order valence-corrected chi connectivity index (χ4v) is 2.14. The molecule has 0 saturated carbocycles. The highest BCUT2D eigenvalue weighted by atomic mass is 16.2. The lowest BCUT2D eigenvalue weighted by atomic mass is 10.1. The summed E-state index contributed by atoms with van der Waals surface area (Å²) < 4.78 is 0. The zero-order valence-corrected chi connectivity index (χ0v) is 12.8. The predicted octanol–water partition coefficient (Wildman–Crippen LogP) is 0.966. The van der Waals surface area contributed by atoms with Gasteiger partial charge in [0, 0.05) is 18.8 Å². The van der Waals surface area contributed by atoms with Crippen molar-refractivity contribution in [3.05, 3.63) is 23.8 Å². The van der Waals surface area contributed by atoms with Gasteiger partial charge in [0.1, 0.15) is 0 Å². The lowest BCUT2D eigenvalue weighted by Crippen LogP contribution is -2.38. The molecular weight excluding hydrogens is 268 g/mol. The second-order valence-corrected chi connectivity index (χ2v) is 5.38. The highest BCUT2D eigenvalue weighted by Crippen LogP contribution is 2.24. The number of benzene rings is 1. The summed E-state index contributed by atoms with van der Waals surface area (Å²) >= 11 is 0. The molecule has 6 nitrogen and oxygen atoms in total. The van der Waals surface area contributed by atoms with Crippen LogP contribution in [-0.2, 0) is 4.79 Å². The number of carbonyl (C=O) groups excluding carboxylic acids is 2. The summed E-state index contributed by atoms with van der Waals surface area (Å²) in [4.78, 5) is 25.3. The number of nitrogen functional groups attached to an aromatic ring is 1. The van der Waals surface area contributed by atoms with E-state index in [1.807, 2.05) is 20.8 Å². The maximum absolute atomic E-state index is 12.2. The largest absolute Gasteiger partial charge is 0.399 e. The summed E-state index contributed by atoms with van der Waals surface area (Å²) in [6.07, 6.45) is 0. The van der Waals surface area contributed by atoms with Gasteiger partial charge in [-0.15, -0.1) is 0 Å². The van der Waals surface area contributed by atoms with Crippen LogP contribution in [0.2, 0.25) is 0 Å². The fourth-order valence-electron chi connectivity index (χ4n) is 2.14. The van der Waals surface area contributed by atoms with E-state index in [0.29, 0.717) is 35.9 Å². The van der Waals surface area contributed by atoms with Crippen molar-refractivity contribution in [1.29, 1.82) is 0 Å². The average Bonchev–Trinajstić information content (AvgIpc) is 2.36. The number of nitrogens with zero attached hydrogens (tertiary/aromatic N) is 1. The minimum Gasteiger partial charge on any atom is -0.399 e. The van der Waals surface area contributed by atoms with Gasteiger partial charge in [0.05, 0.1) is 17.8 Å². The molecule has 0 unspecified atom stereocenters. The Hall–Kier alpha value is -2.24. The topological polar surface area (TPSA) is 101 Å². The number of hydrogen-bond acceptors (Lipinski definition) is 4. The summed E-state index contributed by atoms with van der Waals surface area (Å²) in [5.41, 5.74) is 12.8. The third kappa shape index (κ3) is 4.98. The predicted molar refractivity (Wildman–Crippen MR) is 85.1 cm³/mol. The van der Waals surface area contributed by atoms with Gasteiger partial charge >= 0.3 is 0 Å². The van der Waals surface area contributed by atoms with Gasteiger partial charge in [-0.3, -0.25) is 9.59 Å². The van der Waals surface area contributed by atoms with Crippen LogP contribution < -0.4 is 21.7 Å². The molecule has 1 aromatic carbocycles. The Labute approximate surface area is 125 Å². The van der Waals surface area contributed by atoms with Crippen LogP contribution in [0.5, 0.6) is 0 Å². The summed E-state index contributed by atoms with van der Waals surface area (Å²) in [6.45, 7) is 7.11. The number of nitrogens with two attached hydrogens (primary N) is 2. The molecule has 6 heteroatoms. The van der Waals surface area contributed by atoms with E-state index in [0.717, 1.165) is 0 Å². The summed E-state index contributed by atoms with van der Waals surface area (Å²) in [5.74, 6) is -0.321. The molecule has 0 heterocycles. The van der Waals surface area contributed by atoms with E-state index in [-0.39, 0.29) is 12.5 Å². The highest BCUT2D eigenvalue weighted by Gasteiger charge is 2.19. The van der Waals surface area contributed by atoms with Crippen LogP contribution in [0.4, 0.5) is 11.4 Å². The summed E-state index contributed by atoms with van der Waals surface area (Å²) in [5, 5.41) is 2.76. The molecule has 0 saturated heterocycles. The third-order valence-electron chi connectivity index (χ3n) is 2.88. The van der Waals surface area contributed by atoms with Gasteiger partial charge in [0.25, 0.3) is 5.91 Å². The molecule has 2 amide bonds. The number of nitrogens with one attached hydrogen (secondary N) is 1. The maximum atomic E-state index is 12.2. The number of carbonyl (C=O) groups is 2. The minimum atomic E-state index is -0.445. The number of hydrogen-bond donors (Lipinski definition) is 3. The Morgan fingerprint density at radius 1 is 1.33 bits per heavy atom. The third-order valence-corrected chi connectivity index (χ3v) is 2.88. The molecular formula is C15H24N4O2. The summed E-state index contributed by atoms with van der Waals surface area (Å²) in [6, 6.07) is 5.05. The number of rotatable bonds is 7. The van der Waals surface area contributed by atoms with E-state index in [2.05, 4.69) is 5.32 Å². The molecule has 0 aliphatic heterocycles. The van der Waals surface area contributed by atoms with Crippen molar-refractivity contribution >= 4 is 23.2 Å². The zero-order chi connectivity index (χ0) is 16.0. The van der Waals surface area contributed by atoms with Crippen molar-refractivity contribution in [2.24, 2.45) is 11.7 Å². The monoisotopic (exact) mass is 292 g/mol. The van der Waals surface area contributed by atoms with Crippen molar-refractivity contribution in [3.63, 3.8) is 0 Å². The fraction of sp³-hybridized carbons (Fsp3) is 0.467. The van der Waals surface area contributed by atoms with Crippen LogP contribution in [0, 0.1) is 5.92 Å². The molecule has 0 spiro atoms. The molecule has 1 rings (SSSR count). The maximum Gasteiger partial charge on any atom is 0.253 e. The summed E-state index contributed by atoms with van der Waals surface area (Å²) in [7, 11) is 0. The molecule has 0 atom stereocenters. The standard InChI is InChI=1S/C15H24N4O2/c1-4-18-15(21)12-6-5-11(16)7-13(12)19(8-10(2)3)9-14(17)20/h5-7,10H,4,8-9,16H2,1-3H3,(H2,17,20)(H,18,21). The van der Waals surface area contributed by atoms with E-state index < -0.39 is 5.91 Å². The van der Waals surface area contributed by atoms with Crippen LogP contribution >= 0.6 is 0 Å². The highest BCUT2D eigenvalue weighted by molar-refractivity contribution is 6.01. The zero-order valence-electron chi connectivity index (χ0n) is 12.8. The Balaban J connectivity index is 3.23. The van der Waals surface area contributed by atoms with Crippen molar-refractivity contribution in [2.45, 2.75) is 20.8 Å². The normalized spacial score (nSPS) is 10.5. The van der Waals surface area contributed by atoms with E-state index in [4.69, 9.17) is 11.5 Å². The number of primary amides is 1. The van der Waals surface area contributed by atoms with Crippen molar-refractivity contribution in [3.8, 4) is 0 Å². The molecule has 0 fully saturated rings. The first-order chi connectivity index (χ1) is 9.85. The van der Waals surface area contributed by atoms with Gasteiger partial charge < -0.3 is 21.7 Å². The van der Waals surface area contributed by atoms with Gasteiger partial charge in [-0.05, 0) is 31.0 Å². The van der Waals surface area contributed by atoms with Crippen LogP contribution in [0.3, 0.4) is 0 Å². The molecule has 0 aliphatic rings. The van der Waals surface area contributed by atoms with Gasteiger partial charge in [-0.1, -0.05) is 13.8 Å². The SMILES string of the molecule is CCNC(=O)c1ccc(N)cc1N(CC(N)=O)CC(C)C. The van der Waals surface area contributed by atoms with E-state index in [9.17, 15) is 9.59 Å². The second kappa shape index (κ2) is 7.52. The van der Waals surface area contributed by atoms with E-state index in [1.165, 1.54) is 0 Å². The molecule has 116 valence electrons.